The maximum atomic E-state index is 12.1. The Labute approximate surface area is 285 Å². The average Bonchev–Trinajstić information content (AvgIpc) is 3.09. The molecule has 8 nitrogen and oxygen atoms in total. The van der Waals surface area contributed by atoms with Crippen LogP contribution >= 0.6 is 12.4 Å². The Kier molecular flexibility index (Phi) is 18.5. The minimum absolute atomic E-state index is 0. The number of methoxy groups -OCH3 is 3. The normalized spacial score (nSPS) is 11.0. The molecule has 0 saturated carbocycles. The summed E-state index contributed by atoms with van der Waals surface area (Å²) in [5, 5.41) is 0. The molecule has 0 radical (unpaired) electrons. The second-order valence-electron chi connectivity index (χ2n) is 10.9. The summed E-state index contributed by atoms with van der Waals surface area (Å²) in [6.07, 6.45) is 12.1. The molecule has 0 fully saturated rings. The van der Waals surface area contributed by atoms with Crippen molar-refractivity contribution in [3.63, 3.8) is 0 Å². The maximum absolute atomic E-state index is 12.1. The van der Waals surface area contributed by atoms with Crippen molar-refractivity contribution < 1.29 is 33.3 Å². The van der Waals surface area contributed by atoms with Crippen LogP contribution < -0.4 is 14.2 Å². The van der Waals surface area contributed by atoms with Crippen molar-refractivity contribution in [1.29, 1.82) is 0 Å². The summed E-state index contributed by atoms with van der Waals surface area (Å²) in [4.78, 5) is 26.5. The van der Waals surface area contributed by atoms with Gasteiger partial charge in [0.05, 0.1) is 34.5 Å². The number of carbonyl (C=O) groups excluding carboxylic acids is 2. The van der Waals surface area contributed by atoms with Crippen LogP contribution in [-0.2, 0) is 19.1 Å². The Hall–Kier alpha value is -4.27. The van der Waals surface area contributed by atoms with Crippen LogP contribution in [-0.4, -0.2) is 71.5 Å². The van der Waals surface area contributed by atoms with E-state index in [9.17, 15) is 9.59 Å². The number of hydrogen-bond acceptors (Lipinski definition) is 8. The highest BCUT2D eigenvalue weighted by Crippen LogP contribution is 2.38. The number of benzene rings is 3. The highest BCUT2D eigenvalue weighted by molar-refractivity contribution is 5.88. The van der Waals surface area contributed by atoms with Crippen molar-refractivity contribution in [2.75, 3.05) is 54.7 Å². The maximum Gasteiger partial charge on any atom is 0.330 e. The monoisotopic (exact) mass is 665 g/mol. The molecule has 3 aromatic carbocycles. The van der Waals surface area contributed by atoms with Crippen LogP contribution in [0.3, 0.4) is 0 Å². The van der Waals surface area contributed by atoms with Crippen LogP contribution in [0, 0.1) is 0 Å². The number of nitrogens with zero attached hydrogens (tertiary/aromatic N) is 1. The summed E-state index contributed by atoms with van der Waals surface area (Å²) in [5.74, 6) is 0.837. The summed E-state index contributed by atoms with van der Waals surface area (Å²) in [6, 6.07) is 21.8. The van der Waals surface area contributed by atoms with Crippen LogP contribution in [0.5, 0.6) is 17.2 Å². The van der Waals surface area contributed by atoms with Crippen molar-refractivity contribution in [2.24, 2.45) is 0 Å². The zero-order valence-corrected chi connectivity index (χ0v) is 28.8. The first-order valence-electron chi connectivity index (χ1n) is 15.8. The first-order valence-corrected chi connectivity index (χ1v) is 15.8. The van der Waals surface area contributed by atoms with Crippen molar-refractivity contribution in [3.05, 3.63) is 90.0 Å². The van der Waals surface area contributed by atoms with Gasteiger partial charge in [-0.1, -0.05) is 54.6 Å². The summed E-state index contributed by atoms with van der Waals surface area (Å²) in [5.41, 5.74) is 4.01. The summed E-state index contributed by atoms with van der Waals surface area (Å²) in [7, 11) is 6.76. The zero-order chi connectivity index (χ0) is 33.0. The van der Waals surface area contributed by atoms with E-state index in [1.165, 1.54) is 17.7 Å². The lowest BCUT2D eigenvalue weighted by molar-refractivity contribution is -0.138. The van der Waals surface area contributed by atoms with Gasteiger partial charge in [-0.3, -0.25) is 0 Å². The lowest BCUT2D eigenvalue weighted by Crippen LogP contribution is -2.21. The van der Waals surface area contributed by atoms with Gasteiger partial charge in [-0.15, -0.1) is 12.4 Å². The molecule has 0 heterocycles. The number of rotatable bonds is 20. The molecule has 3 rings (SSSR count). The van der Waals surface area contributed by atoms with E-state index in [0.717, 1.165) is 68.3 Å². The van der Waals surface area contributed by atoms with Crippen molar-refractivity contribution >= 4 is 36.5 Å². The third-order valence-corrected chi connectivity index (χ3v) is 7.39. The second kappa shape index (κ2) is 22.3. The Balaban J connectivity index is 0.00000768. The molecule has 0 bridgehead atoms. The van der Waals surface area contributed by atoms with Gasteiger partial charge >= 0.3 is 11.9 Å². The van der Waals surface area contributed by atoms with Gasteiger partial charge in [-0.25, -0.2) is 9.59 Å². The minimum atomic E-state index is -0.388. The fourth-order valence-corrected chi connectivity index (χ4v) is 4.82. The first kappa shape index (κ1) is 38.9. The largest absolute Gasteiger partial charge is 0.493 e. The van der Waals surface area contributed by atoms with Gasteiger partial charge in [-0.2, -0.15) is 0 Å². The van der Waals surface area contributed by atoms with E-state index in [1.807, 2.05) is 30.3 Å². The third-order valence-electron chi connectivity index (χ3n) is 7.39. The molecule has 0 aliphatic heterocycles. The van der Waals surface area contributed by atoms with Crippen LogP contribution in [0.1, 0.15) is 49.7 Å². The minimum Gasteiger partial charge on any atom is -0.493 e. The number of ether oxygens (including phenoxy) is 5. The molecule has 9 heteroatoms. The van der Waals surface area contributed by atoms with Crippen LogP contribution in [0.2, 0.25) is 0 Å². The Morgan fingerprint density at radius 2 is 1.11 bits per heavy atom. The quantitative estimate of drug-likeness (QED) is 0.0685. The molecule has 0 atom stereocenters. The van der Waals surface area contributed by atoms with E-state index in [2.05, 4.69) is 36.2 Å². The predicted octanol–water partition coefficient (Wildman–Crippen LogP) is 7.89. The molecule has 0 unspecified atom stereocenters. The lowest BCUT2D eigenvalue weighted by atomic mass is 10.0. The predicted molar refractivity (Wildman–Crippen MR) is 190 cm³/mol. The second-order valence-corrected chi connectivity index (χ2v) is 10.9. The molecular formula is C38H48ClNO7. The SMILES string of the molecule is COc1cc(/C=C/C(=O)OCCCCCN(C)CCCCCOC(=O)/C=C/c2ccc(-c3ccccc3)cc2)cc(OC)c1OC.Cl. The summed E-state index contributed by atoms with van der Waals surface area (Å²) < 4.78 is 26.7. The fourth-order valence-electron chi connectivity index (χ4n) is 4.82. The summed E-state index contributed by atoms with van der Waals surface area (Å²) >= 11 is 0. The number of carbonyl (C=O) groups is 2. The van der Waals surface area contributed by atoms with E-state index >= 15 is 0 Å². The highest BCUT2D eigenvalue weighted by Gasteiger charge is 2.12. The van der Waals surface area contributed by atoms with Crippen LogP contribution in [0.15, 0.2) is 78.9 Å². The molecule has 0 aliphatic rings. The molecule has 0 spiro atoms. The molecule has 47 heavy (non-hydrogen) atoms. The van der Waals surface area contributed by atoms with Crippen LogP contribution in [0.25, 0.3) is 23.3 Å². The van der Waals surface area contributed by atoms with Crippen molar-refractivity contribution in [1.82, 2.24) is 4.90 Å². The smallest absolute Gasteiger partial charge is 0.330 e. The van der Waals surface area contributed by atoms with Crippen molar-refractivity contribution in [3.8, 4) is 28.4 Å². The third kappa shape index (κ3) is 14.4. The van der Waals surface area contributed by atoms with E-state index in [0.29, 0.717) is 30.5 Å². The number of esters is 2. The van der Waals surface area contributed by atoms with Gasteiger partial charge in [0.25, 0.3) is 0 Å². The van der Waals surface area contributed by atoms with Gasteiger partial charge in [0, 0.05) is 12.2 Å². The molecule has 3 aromatic rings. The molecule has 0 aromatic heterocycles. The standard InChI is InChI=1S/C38H47NO7.ClH/c1-39(25-11-7-13-27-46-37(41)23-19-31-28-34(42-2)38(44-4)35(29-31)43-3)24-10-6-12-26-45-36(40)22-18-30-16-20-33(21-17-30)32-14-8-5-9-15-32;/h5,8-9,14-23,28-29H,6-7,10-13,24-27H2,1-4H3;1H/b22-18+,23-19+;. The van der Waals surface area contributed by atoms with E-state index in [-0.39, 0.29) is 24.3 Å². The number of halogens is 1. The van der Waals surface area contributed by atoms with Gasteiger partial charge in [0.2, 0.25) is 5.75 Å². The number of hydrogen-bond donors (Lipinski definition) is 0. The van der Waals surface area contributed by atoms with Crippen LogP contribution in [0.4, 0.5) is 0 Å². The van der Waals surface area contributed by atoms with Gasteiger partial charge in [0.1, 0.15) is 0 Å². The average molecular weight is 666 g/mol. The summed E-state index contributed by atoms with van der Waals surface area (Å²) in [6.45, 7) is 2.79. The van der Waals surface area contributed by atoms with E-state index in [1.54, 1.807) is 45.6 Å². The molecule has 0 saturated heterocycles. The van der Waals surface area contributed by atoms with E-state index in [4.69, 9.17) is 23.7 Å². The van der Waals surface area contributed by atoms with E-state index < -0.39 is 0 Å². The van der Waals surface area contributed by atoms with Crippen molar-refractivity contribution in [2.45, 2.75) is 38.5 Å². The Morgan fingerprint density at radius 3 is 1.60 bits per heavy atom. The Bertz CT molecular complexity index is 1380. The fraction of sp³-hybridized carbons (Fsp3) is 0.368. The first-order chi connectivity index (χ1) is 22.4. The molecular weight excluding hydrogens is 618 g/mol. The lowest BCUT2D eigenvalue weighted by Gasteiger charge is -2.16. The topological polar surface area (TPSA) is 83.5 Å². The molecule has 0 aliphatic carbocycles. The van der Waals surface area contributed by atoms with Gasteiger partial charge < -0.3 is 28.6 Å². The van der Waals surface area contributed by atoms with Gasteiger partial charge in [0.15, 0.2) is 11.5 Å². The molecule has 0 N–H and O–H groups in total. The molecule has 0 amide bonds. The Morgan fingerprint density at radius 1 is 0.617 bits per heavy atom. The number of unbranched alkanes of at least 4 members (excludes halogenated alkanes) is 4. The van der Waals surface area contributed by atoms with Gasteiger partial charge in [-0.05, 0) is 105 Å². The highest BCUT2D eigenvalue weighted by atomic mass is 35.5. The molecule has 254 valence electrons. The zero-order valence-electron chi connectivity index (χ0n) is 27.9.